The van der Waals surface area contributed by atoms with E-state index in [4.69, 9.17) is 21.1 Å². The van der Waals surface area contributed by atoms with Crippen LogP contribution >= 0.6 is 11.6 Å². The molecule has 0 saturated carbocycles. The molecule has 98 valence electrons. The van der Waals surface area contributed by atoms with Crippen LogP contribution in [0.2, 0.25) is 0 Å². The standard InChI is InChI=1S/C15H12ClFO2/c16-13(7-10-1-4-12(17)5-2-10)11-3-6-14-15(8-11)19-9-18-14/h1-6,8,13H,7,9H2. The van der Waals surface area contributed by atoms with E-state index in [1.165, 1.54) is 12.1 Å². The van der Waals surface area contributed by atoms with Gasteiger partial charge in [0, 0.05) is 0 Å². The Kier molecular flexibility index (Phi) is 3.30. The van der Waals surface area contributed by atoms with Crippen molar-refractivity contribution in [1.82, 2.24) is 0 Å². The van der Waals surface area contributed by atoms with E-state index >= 15 is 0 Å². The van der Waals surface area contributed by atoms with Crippen LogP contribution in [0.3, 0.4) is 0 Å². The molecule has 1 heterocycles. The van der Waals surface area contributed by atoms with Gasteiger partial charge in [0.1, 0.15) is 5.82 Å². The first kappa shape index (κ1) is 12.3. The second-order valence-electron chi connectivity index (χ2n) is 4.41. The summed E-state index contributed by atoms with van der Waals surface area (Å²) in [4.78, 5) is 0. The Morgan fingerprint density at radius 1 is 1.05 bits per heavy atom. The highest BCUT2D eigenvalue weighted by Gasteiger charge is 2.16. The first-order chi connectivity index (χ1) is 9.22. The minimum Gasteiger partial charge on any atom is -0.454 e. The van der Waals surface area contributed by atoms with E-state index < -0.39 is 0 Å². The quantitative estimate of drug-likeness (QED) is 0.788. The Morgan fingerprint density at radius 3 is 2.58 bits per heavy atom. The van der Waals surface area contributed by atoms with Gasteiger partial charge in [-0.2, -0.15) is 0 Å². The highest BCUT2D eigenvalue weighted by molar-refractivity contribution is 6.21. The summed E-state index contributed by atoms with van der Waals surface area (Å²) >= 11 is 6.39. The van der Waals surface area contributed by atoms with Crippen LogP contribution in [0.1, 0.15) is 16.5 Å². The van der Waals surface area contributed by atoms with Gasteiger partial charge in [0.2, 0.25) is 6.79 Å². The Morgan fingerprint density at radius 2 is 1.79 bits per heavy atom. The fraction of sp³-hybridized carbons (Fsp3) is 0.200. The van der Waals surface area contributed by atoms with Gasteiger partial charge in [-0.3, -0.25) is 0 Å². The lowest BCUT2D eigenvalue weighted by atomic mass is 10.0. The van der Waals surface area contributed by atoms with Gasteiger partial charge in [0.15, 0.2) is 11.5 Å². The summed E-state index contributed by atoms with van der Waals surface area (Å²) < 4.78 is 23.4. The largest absolute Gasteiger partial charge is 0.454 e. The van der Waals surface area contributed by atoms with Crippen molar-refractivity contribution in [3.05, 3.63) is 59.4 Å². The van der Waals surface area contributed by atoms with Crippen molar-refractivity contribution in [2.75, 3.05) is 6.79 Å². The van der Waals surface area contributed by atoms with Crippen LogP contribution in [0.5, 0.6) is 11.5 Å². The number of ether oxygens (including phenoxy) is 2. The van der Waals surface area contributed by atoms with Crippen LogP contribution in [-0.2, 0) is 6.42 Å². The van der Waals surface area contributed by atoms with Gasteiger partial charge >= 0.3 is 0 Å². The van der Waals surface area contributed by atoms with Crippen molar-refractivity contribution in [3.8, 4) is 11.5 Å². The summed E-state index contributed by atoms with van der Waals surface area (Å²) in [6.45, 7) is 0.254. The van der Waals surface area contributed by atoms with Crippen LogP contribution in [-0.4, -0.2) is 6.79 Å². The van der Waals surface area contributed by atoms with Crippen molar-refractivity contribution in [1.29, 1.82) is 0 Å². The number of alkyl halides is 1. The summed E-state index contributed by atoms with van der Waals surface area (Å²) in [6.07, 6.45) is 0.640. The van der Waals surface area contributed by atoms with Gasteiger partial charge in [-0.25, -0.2) is 4.39 Å². The van der Waals surface area contributed by atoms with E-state index in [9.17, 15) is 4.39 Å². The molecule has 0 amide bonds. The second-order valence-corrected chi connectivity index (χ2v) is 4.94. The molecule has 2 aromatic carbocycles. The lowest BCUT2D eigenvalue weighted by Crippen LogP contribution is -1.96. The first-order valence-electron chi connectivity index (χ1n) is 6.00. The summed E-state index contributed by atoms with van der Waals surface area (Å²) in [6, 6.07) is 12.1. The Balaban J connectivity index is 1.76. The second kappa shape index (κ2) is 5.10. The maximum atomic E-state index is 12.8. The monoisotopic (exact) mass is 278 g/mol. The summed E-state index contributed by atoms with van der Waals surface area (Å²) in [5.74, 6) is 1.23. The van der Waals surface area contributed by atoms with Crippen molar-refractivity contribution in [3.63, 3.8) is 0 Å². The molecule has 0 spiro atoms. The van der Waals surface area contributed by atoms with Crippen LogP contribution < -0.4 is 9.47 Å². The zero-order valence-electron chi connectivity index (χ0n) is 10.1. The molecular formula is C15H12ClFO2. The van der Waals surface area contributed by atoms with E-state index in [-0.39, 0.29) is 18.0 Å². The third-order valence-electron chi connectivity index (χ3n) is 3.09. The van der Waals surface area contributed by atoms with Gasteiger partial charge < -0.3 is 9.47 Å². The Hall–Kier alpha value is -1.74. The molecular weight excluding hydrogens is 267 g/mol. The predicted molar refractivity (Wildman–Crippen MR) is 71.3 cm³/mol. The van der Waals surface area contributed by atoms with Crippen LogP contribution in [0.4, 0.5) is 4.39 Å². The van der Waals surface area contributed by atoms with Gasteiger partial charge in [-0.15, -0.1) is 11.6 Å². The Bertz CT molecular complexity index is 583. The molecule has 0 N–H and O–H groups in total. The van der Waals surface area contributed by atoms with Gasteiger partial charge in [0.25, 0.3) is 0 Å². The highest BCUT2D eigenvalue weighted by Crippen LogP contribution is 2.36. The normalized spacial score (nSPS) is 14.4. The van der Waals surface area contributed by atoms with E-state index in [0.717, 1.165) is 22.6 Å². The van der Waals surface area contributed by atoms with Crippen molar-refractivity contribution in [2.24, 2.45) is 0 Å². The van der Waals surface area contributed by atoms with E-state index in [2.05, 4.69) is 0 Å². The number of hydrogen-bond donors (Lipinski definition) is 0. The van der Waals surface area contributed by atoms with Crippen LogP contribution in [0.15, 0.2) is 42.5 Å². The fourth-order valence-corrected chi connectivity index (χ4v) is 2.37. The molecule has 0 radical (unpaired) electrons. The minimum atomic E-state index is -0.238. The topological polar surface area (TPSA) is 18.5 Å². The summed E-state index contributed by atoms with van der Waals surface area (Å²) in [5, 5.41) is -0.181. The average molecular weight is 279 g/mol. The zero-order chi connectivity index (χ0) is 13.2. The molecule has 0 fully saturated rings. The van der Waals surface area contributed by atoms with Crippen LogP contribution in [0.25, 0.3) is 0 Å². The highest BCUT2D eigenvalue weighted by atomic mass is 35.5. The molecule has 4 heteroatoms. The number of fused-ring (bicyclic) bond motifs is 1. The van der Waals surface area contributed by atoms with E-state index in [1.54, 1.807) is 12.1 Å². The van der Waals surface area contributed by atoms with Crippen molar-refractivity contribution in [2.45, 2.75) is 11.8 Å². The molecule has 2 aromatic rings. The minimum absolute atomic E-state index is 0.181. The summed E-state index contributed by atoms with van der Waals surface area (Å²) in [7, 11) is 0. The molecule has 0 aliphatic carbocycles. The van der Waals surface area contributed by atoms with Crippen molar-refractivity contribution < 1.29 is 13.9 Å². The third kappa shape index (κ3) is 2.66. The summed E-state index contributed by atoms with van der Waals surface area (Å²) in [5.41, 5.74) is 1.97. The lowest BCUT2D eigenvalue weighted by molar-refractivity contribution is 0.174. The predicted octanol–water partition coefficient (Wildman–Crippen LogP) is 4.08. The van der Waals surface area contributed by atoms with E-state index in [0.29, 0.717) is 6.42 Å². The van der Waals surface area contributed by atoms with Gasteiger partial charge in [-0.1, -0.05) is 18.2 Å². The zero-order valence-corrected chi connectivity index (χ0v) is 10.9. The number of rotatable bonds is 3. The maximum absolute atomic E-state index is 12.8. The van der Waals surface area contributed by atoms with E-state index in [1.807, 2.05) is 18.2 Å². The average Bonchev–Trinajstić information content (AvgIpc) is 2.88. The molecule has 1 atom stereocenters. The molecule has 0 bridgehead atoms. The number of halogens is 2. The molecule has 1 aliphatic heterocycles. The molecule has 1 unspecified atom stereocenters. The van der Waals surface area contributed by atoms with Crippen LogP contribution in [0, 0.1) is 5.82 Å². The number of hydrogen-bond acceptors (Lipinski definition) is 2. The molecule has 3 rings (SSSR count). The molecule has 19 heavy (non-hydrogen) atoms. The molecule has 2 nitrogen and oxygen atoms in total. The third-order valence-corrected chi connectivity index (χ3v) is 3.49. The Labute approximate surface area is 115 Å². The first-order valence-corrected chi connectivity index (χ1v) is 6.44. The van der Waals surface area contributed by atoms with Gasteiger partial charge in [-0.05, 0) is 41.8 Å². The smallest absolute Gasteiger partial charge is 0.231 e. The SMILES string of the molecule is Fc1ccc(CC(Cl)c2ccc3c(c2)OCO3)cc1. The van der Waals surface area contributed by atoms with Crippen molar-refractivity contribution >= 4 is 11.6 Å². The maximum Gasteiger partial charge on any atom is 0.231 e. The molecule has 0 saturated heterocycles. The molecule has 0 aromatic heterocycles. The molecule has 1 aliphatic rings. The number of benzene rings is 2. The fourth-order valence-electron chi connectivity index (χ4n) is 2.05. The van der Waals surface area contributed by atoms with Gasteiger partial charge in [0.05, 0.1) is 5.38 Å². The lowest BCUT2D eigenvalue weighted by Gasteiger charge is -2.10.